The van der Waals surface area contributed by atoms with Crippen LogP contribution in [0.1, 0.15) is 51.5 Å². The predicted octanol–water partition coefficient (Wildman–Crippen LogP) is 4.70. The molecule has 0 heterocycles. The second-order valence-electron chi connectivity index (χ2n) is 6.46. The number of rotatable bonds is 9. The molecule has 0 bridgehead atoms. The van der Waals surface area contributed by atoms with Crippen molar-refractivity contribution >= 4 is 17.5 Å². The number of esters is 2. The minimum atomic E-state index is -1.43. The molecule has 1 aromatic rings. The molecule has 0 aromatic heterocycles. The van der Waals surface area contributed by atoms with E-state index in [0.717, 1.165) is 31.2 Å². The summed E-state index contributed by atoms with van der Waals surface area (Å²) >= 11 is 0. The second-order valence-corrected chi connectivity index (χ2v) is 6.46. The molecule has 0 N–H and O–H groups in total. The fourth-order valence-electron chi connectivity index (χ4n) is 2.96. The van der Waals surface area contributed by atoms with Gasteiger partial charge in [0, 0.05) is 0 Å². The zero-order valence-corrected chi connectivity index (χ0v) is 15.7. The molecule has 0 aliphatic heterocycles. The van der Waals surface area contributed by atoms with Gasteiger partial charge in [-0.25, -0.2) is 0 Å². The molecule has 4 nitrogen and oxygen atoms in total. The lowest BCUT2D eigenvalue weighted by Crippen LogP contribution is -2.43. The van der Waals surface area contributed by atoms with E-state index in [-0.39, 0.29) is 6.42 Å². The number of hydrogen-bond acceptors (Lipinski definition) is 4. The van der Waals surface area contributed by atoms with Gasteiger partial charge in [0.1, 0.15) is 0 Å². The van der Waals surface area contributed by atoms with Crippen molar-refractivity contribution in [1.29, 1.82) is 0 Å². The van der Waals surface area contributed by atoms with Crippen molar-refractivity contribution in [3.05, 3.63) is 54.1 Å². The maximum Gasteiger partial charge on any atom is 0.328 e. The quantitative estimate of drug-likeness (QED) is 0.365. The maximum atomic E-state index is 13.1. The molecule has 0 saturated carbocycles. The highest BCUT2D eigenvalue weighted by Gasteiger charge is 2.52. The zero-order chi connectivity index (χ0) is 18.8. The minimum Gasteiger partial charge on any atom is -0.465 e. The molecular weight excluding hydrogens is 328 g/mol. The maximum absolute atomic E-state index is 13.1. The summed E-state index contributed by atoms with van der Waals surface area (Å²) in [5.41, 5.74) is 0.0396. The van der Waals surface area contributed by atoms with Gasteiger partial charge in [0.15, 0.2) is 5.41 Å². The van der Waals surface area contributed by atoms with Crippen LogP contribution in [-0.2, 0) is 19.1 Å². The molecule has 0 saturated heterocycles. The summed E-state index contributed by atoms with van der Waals surface area (Å²) in [5, 5.41) is 0. The molecule has 1 aliphatic carbocycles. The standard InChI is InChI=1S/C22H28O4/c1-3-5-16-25-20(23)22(21(24)26-17-6-4-2)15-11-10-14-19(22)18-12-8-7-9-13-18/h7-14H,3-6,15-17H2,1-2H3. The van der Waals surface area contributed by atoms with E-state index in [4.69, 9.17) is 9.47 Å². The van der Waals surface area contributed by atoms with Crippen LogP contribution in [0.2, 0.25) is 0 Å². The molecule has 26 heavy (non-hydrogen) atoms. The number of carbonyl (C=O) groups is 2. The molecule has 0 fully saturated rings. The molecule has 4 heteroatoms. The summed E-state index contributed by atoms with van der Waals surface area (Å²) in [6.07, 6.45) is 9.16. The van der Waals surface area contributed by atoms with Crippen LogP contribution in [0.4, 0.5) is 0 Å². The highest BCUT2D eigenvalue weighted by atomic mass is 16.6. The Hall–Kier alpha value is -2.36. The van der Waals surface area contributed by atoms with Crippen LogP contribution in [0.25, 0.3) is 5.57 Å². The van der Waals surface area contributed by atoms with Gasteiger partial charge < -0.3 is 9.47 Å². The van der Waals surface area contributed by atoms with Crippen molar-refractivity contribution in [3.63, 3.8) is 0 Å². The summed E-state index contributed by atoms with van der Waals surface area (Å²) in [6.45, 7) is 4.68. The first-order valence-corrected chi connectivity index (χ1v) is 9.44. The topological polar surface area (TPSA) is 52.6 Å². The van der Waals surface area contributed by atoms with Crippen LogP contribution < -0.4 is 0 Å². The van der Waals surface area contributed by atoms with Crippen LogP contribution in [-0.4, -0.2) is 25.2 Å². The molecular formula is C22H28O4. The Morgan fingerprint density at radius 1 is 0.962 bits per heavy atom. The zero-order valence-electron chi connectivity index (χ0n) is 15.7. The summed E-state index contributed by atoms with van der Waals surface area (Å²) in [6, 6.07) is 9.49. The Kier molecular flexibility index (Phi) is 7.64. The third-order valence-corrected chi connectivity index (χ3v) is 4.53. The fourth-order valence-corrected chi connectivity index (χ4v) is 2.96. The Morgan fingerprint density at radius 2 is 1.54 bits per heavy atom. The van der Waals surface area contributed by atoms with E-state index in [1.54, 1.807) is 0 Å². The van der Waals surface area contributed by atoms with Crippen LogP contribution in [0.15, 0.2) is 48.6 Å². The third-order valence-electron chi connectivity index (χ3n) is 4.53. The van der Waals surface area contributed by atoms with Crippen molar-refractivity contribution in [3.8, 4) is 0 Å². The highest BCUT2D eigenvalue weighted by Crippen LogP contribution is 2.43. The van der Waals surface area contributed by atoms with Crippen molar-refractivity contribution in [2.24, 2.45) is 5.41 Å². The lowest BCUT2D eigenvalue weighted by molar-refractivity contribution is -0.167. The molecule has 140 valence electrons. The summed E-state index contributed by atoms with van der Waals surface area (Å²) in [5.74, 6) is -1.04. The number of allylic oxidation sites excluding steroid dienone is 3. The summed E-state index contributed by atoms with van der Waals surface area (Å²) in [7, 11) is 0. The van der Waals surface area contributed by atoms with E-state index in [0.29, 0.717) is 18.8 Å². The normalized spacial score (nSPS) is 15.2. The lowest BCUT2D eigenvalue weighted by atomic mass is 9.72. The van der Waals surface area contributed by atoms with E-state index in [2.05, 4.69) is 0 Å². The van der Waals surface area contributed by atoms with E-state index in [9.17, 15) is 9.59 Å². The van der Waals surface area contributed by atoms with Crippen LogP contribution in [0.3, 0.4) is 0 Å². The van der Waals surface area contributed by atoms with Crippen LogP contribution >= 0.6 is 0 Å². The van der Waals surface area contributed by atoms with E-state index >= 15 is 0 Å². The van der Waals surface area contributed by atoms with E-state index in [1.807, 2.05) is 62.4 Å². The fraction of sp³-hybridized carbons (Fsp3) is 0.455. The average molecular weight is 356 g/mol. The van der Waals surface area contributed by atoms with Gasteiger partial charge in [-0.2, -0.15) is 0 Å². The van der Waals surface area contributed by atoms with Crippen LogP contribution in [0, 0.1) is 5.41 Å². The predicted molar refractivity (Wildman–Crippen MR) is 102 cm³/mol. The highest BCUT2D eigenvalue weighted by molar-refractivity contribution is 6.13. The first-order chi connectivity index (χ1) is 12.7. The first-order valence-electron chi connectivity index (χ1n) is 9.44. The van der Waals surface area contributed by atoms with Crippen molar-refractivity contribution in [2.45, 2.75) is 46.0 Å². The Bertz CT molecular complexity index is 636. The van der Waals surface area contributed by atoms with Gasteiger partial charge in [-0.3, -0.25) is 9.59 Å². The Balaban J connectivity index is 2.38. The van der Waals surface area contributed by atoms with Crippen molar-refractivity contribution < 1.29 is 19.1 Å². The number of hydrogen-bond donors (Lipinski definition) is 0. The average Bonchev–Trinajstić information content (AvgIpc) is 2.68. The van der Waals surface area contributed by atoms with Gasteiger partial charge in [0.05, 0.1) is 13.2 Å². The summed E-state index contributed by atoms with van der Waals surface area (Å²) < 4.78 is 11.0. The van der Waals surface area contributed by atoms with E-state index in [1.165, 1.54) is 0 Å². The second kappa shape index (κ2) is 9.95. The van der Waals surface area contributed by atoms with Gasteiger partial charge in [-0.05, 0) is 30.4 Å². The van der Waals surface area contributed by atoms with Gasteiger partial charge in [0.2, 0.25) is 0 Å². The van der Waals surface area contributed by atoms with Crippen molar-refractivity contribution in [1.82, 2.24) is 0 Å². The van der Waals surface area contributed by atoms with Crippen LogP contribution in [0.5, 0.6) is 0 Å². The number of carbonyl (C=O) groups excluding carboxylic acids is 2. The minimum absolute atomic E-state index is 0.254. The number of benzene rings is 1. The Morgan fingerprint density at radius 3 is 2.08 bits per heavy atom. The van der Waals surface area contributed by atoms with E-state index < -0.39 is 17.4 Å². The molecule has 0 amide bonds. The first kappa shape index (κ1) is 20.0. The van der Waals surface area contributed by atoms with Crippen molar-refractivity contribution in [2.75, 3.05) is 13.2 Å². The number of unbranched alkanes of at least 4 members (excludes halogenated alkanes) is 2. The molecule has 1 aliphatic rings. The van der Waals surface area contributed by atoms with Gasteiger partial charge in [0.25, 0.3) is 0 Å². The molecule has 0 unspecified atom stereocenters. The molecule has 0 atom stereocenters. The largest absolute Gasteiger partial charge is 0.465 e. The lowest BCUT2D eigenvalue weighted by Gasteiger charge is -2.32. The molecule has 1 aromatic carbocycles. The third kappa shape index (κ3) is 4.43. The SMILES string of the molecule is CCCCOC(=O)C1(C(=O)OCCCC)CC=CC=C1c1ccccc1. The molecule has 2 rings (SSSR count). The van der Waals surface area contributed by atoms with Gasteiger partial charge >= 0.3 is 11.9 Å². The van der Waals surface area contributed by atoms with Gasteiger partial charge in [-0.15, -0.1) is 0 Å². The smallest absolute Gasteiger partial charge is 0.328 e. The molecule has 0 spiro atoms. The Labute approximate surface area is 155 Å². The molecule has 0 radical (unpaired) electrons. The monoisotopic (exact) mass is 356 g/mol. The van der Waals surface area contributed by atoms with Gasteiger partial charge in [-0.1, -0.05) is 75.2 Å². The summed E-state index contributed by atoms with van der Waals surface area (Å²) in [4.78, 5) is 26.1. The number of ether oxygens (including phenoxy) is 2.